The number of nitrogens with two attached hydrogens (primary N) is 1. The molecule has 0 aromatic carbocycles. The van der Waals surface area contributed by atoms with E-state index in [1.165, 1.54) is 0 Å². The Morgan fingerprint density at radius 3 is 2.65 bits per heavy atom. The Bertz CT molecular complexity index is 322. The molecule has 0 aliphatic heterocycles. The van der Waals surface area contributed by atoms with Crippen molar-refractivity contribution in [2.45, 2.75) is 49.8 Å². The summed E-state index contributed by atoms with van der Waals surface area (Å²) in [5.74, 6) is -0.244. The van der Waals surface area contributed by atoms with Crippen LogP contribution in [0.4, 0.5) is 0 Å². The van der Waals surface area contributed by atoms with Crippen LogP contribution in [0.3, 0.4) is 0 Å². The summed E-state index contributed by atoms with van der Waals surface area (Å²) >= 11 is 0. The van der Waals surface area contributed by atoms with Gasteiger partial charge < -0.3 is 25.3 Å². The molecule has 2 rings (SSSR count). The van der Waals surface area contributed by atoms with E-state index < -0.39 is 5.54 Å². The van der Waals surface area contributed by atoms with Crippen LogP contribution in [-0.2, 0) is 19.0 Å². The summed E-state index contributed by atoms with van der Waals surface area (Å²) in [6.45, 7) is 2.28. The van der Waals surface area contributed by atoms with E-state index in [2.05, 4.69) is 5.32 Å². The molecule has 0 aromatic rings. The molecule has 6 nitrogen and oxygen atoms in total. The van der Waals surface area contributed by atoms with Crippen molar-refractivity contribution in [2.24, 2.45) is 5.73 Å². The first-order valence-corrected chi connectivity index (χ1v) is 7.42. The van der Waals surface area contributed by atoms with Crippen molar-refractivity contribution < 1.29 is 19.0 Å². The molecule has 6 heteroatoms. The summed E-state index contributed by atoms with van der Waals surface area (Å²) in [5, 5.41) is 3.41. The zero-order valence-electron chi connectivity index (χ0n) is 12.2. The van der Waals surface area contributed by atoms with Gasteiger partial charge in [0.05, 0.1) is 32.5 Å². The number of methoxy groups -OCH3 is 1. The Morgan fingerprint density at radius 2 is 2.00 bits per heavy atom. The molecule has 2 fully saturated rings. The number of carbonyl (C=O) groups excluding carboxylic acids is 1. The maximum Gasteiger partial charge on any atom is 0.237 e. The van der Waals surface area contributed by atoms with Crippen LogP contribution in [0.5, 0.6) is 0 Å². The fourth-order valence-corrected chi connectivity index (χ4v) is 2.70. The van der Waals surface area contributed by atoms with E-state index in [0.29, 0.717) is 38.9 Å². The highest BCUT2D eigenvalue weighted by Crippen LogP contribution is 2.35. The van der Waals surface area contributed by atoms with Crippen LogP contribution in [0.2, 0.25) is 0 Å². The molecule has 0 heterocycles. The van der Waals surface area contributed by atoms with Gasteiger partial charge >= 0.3 is 0 Å². The highest BCUT2D eigenvalue weighted by molar-refractivity contribution is 5.85. The zero-order valence-corrected chi connectivity index (χ0v) is 12.2. The number of hydrogen-bond donors (Lipinski definition) is 2. The Kier molecular flexibility index (Phi) is 5.77. The minimum absolute atomic E-state index is 0.0970. The minimum atomic E-state index is -0.553. The molecule has 0 spiro atoms. The number of rotatable bonds is 10. The van der Waals surface area contributed by atoms with Gasteiger partial charge in [-0.2, -0.15) is 0 Å². The third-order valence-corrected chi connectivity index (χ3v) is 4.01. The Labute approximate surface area is 120 Å². The van der Waals surface area contributed by atoms with E-state index in [1.54, 1.807) is 7.11 Å². The molecular weight excluding hydrogens is 260 g/mol. The molecule has 0 saturated heterocycles. The zero-order chi connectivity index (χ0) is 14.4. The predicted octanol–water partition coefficient (Wildman–Crippen LogP) is 0.195. The molecule has 3 N–H and O–H groups in total. The fourth-order valence-electron chi connectivity index (χ4n) is 2.70. The van der Waals surface area contributed by atoms with Crippen molar-refractivity contribution in [3.63, 3.8) is 0 Å². The molecule has 2 aliphatic rings. The minimum Gasteiger partial charge on any atom is -0.382 e. The average Bonchev–Trinajstić information content (AvgIpc) is 3.13. The normalized spacial score (nSPS) is 29.8. The van der Waals surface area contributed by atoms with Crippen LogP contribution in [-0.4, -0.2) is 57.1 Å². The molecule has 0 bridgehead atoms. The van der Waals surface area contributed by atoms with Crippen LogP contribution < -0.4 is 11.1 Å². The lowest BCUT2D eigenvalue weighted by Gasteiger charge is -2.27. The summed E-state index contributed by atoms with van der Waals surface area (Å²) in [7, 11) is 1.65. The van der Waals surface area contributed by atoms with Crippen molar-refractivity contribution in [1.82, 2.24) is 5.32 Å². The number of carbonyl (C=O) groups is 1. The molecule has 1 amide bonds. The molecular formula is C14H26N2O4. The van der Waals surface area contributed by atoms with Gasteiger partial charge in [0.1, 0.15) is 5.54 Å². The fraction of sp³-hybridized carbons (Fsp3) is 0.929. The second kappa shape index (κ2) is 7.36. The van der Waals surface area contributed by atoms with Gasteiger partial charge in [0.25, 0.3) is 0 Å². The largest absolute Gasteiger partial charge is 0.382 e. The average molecular weight is 286 g/mol. The van der Waals surface area contributed by atoms with Gasteiger partial charge in [0.2, 0.25) is 5.91 Å². The topological polar surface area (TPSA) is 82.8 Å². The third-order valence-electron chi connectivity index (χ3n) is 4.01. The number of hydrogen-bond acceptors (Lipinski definition) is 5. The Hall–Kier alpha value is -0.690. The van der Waals surface area contributed by atoms with Crippen molar-refractivity contribution in [3.8, 4) is 0 Å². The molecule has 116 valence electrons. The first-order chi connectivity index (χ1) is 9.66. The monoisotopic (exact) mass is 286 g/mol. The van der Waals surface area contributed by atoms with Crippen molar-refractivity contribution in [1.29, 1.82) is 0 Å². The first-order valence-electron chi connectivity index (χ1n) is 7.42. The second-order valence-electron chi connectivity index (χ2n) is 5.71. The second-order valence-corrected chi connectivity index (χ2v) is 5.71. The molecule has 20 heavy (non-hydrogen) atoms. The van der Waals surface area contributed by atoms with Crippen LogP contribution in [0.25, 0.3) is 0 Å². The third kappa shape index (κ3) is 4.41. The van der Waals surface area contributed by atoms with Crippen molar-refractivity contribution in [3.05, 3.63) is 0 Å². The summed E-state index contributed by atoms with van der Waals surface area (Å²) in [4.78, 5) is 11.7. The van der Waals surface area contributed by atoms with Gasteiger partial charge in [-0.25, -0.2) is 0 Å². The quantitative estimate of drug-likeness (QED) is 0.560. The van der Waals surface area contributed by atoms with Crippen LogP contribution >= 0.6 is 0 Å². The Balaban J connectivity index is 1.66. The van der Waals surface area contributed by atoms with E-state index in [1.807, 2.05) is 0 Å². The van der Waals surface area contributed by atoms with Crippen LogP contribution in [0.1, 0.15) is 32.1 Å². The predicted molar refractivity (Wildman–Crippen MR) is 74.4 cm³/mol. The summed E-state index contributed by atoms with van der Waals surface area (Å²) in [5.41, 5.74) is 5.03. The first kappa shape index (κ1) is 15.7. The summed E-state index contributed by atoms with van der Waals surface area (Å²) in [6.07, 6.45) is 4.72. The van der Waals surface area contributed by atoms with E-state index >= 15 is 0 Å². The number of ether oxygens (including phenoxy) is 3. The molecule has 0 aromatic heterocycles. The molecule has 2 unspecified atom stereocenters. The maximum absolute atomic E-state index is 11.7. The molecule has 0 radical (unpaired) electrons. The van der Waals surface area contributed by atoms with E-state index in [4.69, 9.17) is 19.9 Å². The lowest BCUT2D eigenvalue weighted by Crippen LogP contribution is -2.54. The van der Waals surface area contributed by atoms with Gasteiger partial charge in [0, 0.05) is 19.6 Å². The van der Waals surface area contributed by atoms with Crippen LogP contribution in [0, 0.1) is 0 Å². The highest BCUT2D eigenvalue weighted by atomic mass is 16.5. The lowest BCUT2D eigenvalue weighted by molar-refractivity contribution is -0.124. The highest BCUT2D eigenvalue weighted by Gasteiger charge is 2.47. The Morgan fingerprint density at radius 1 is 1.25 bits per heavy atom. The maximum atomic E-state index is 11.7. The van der Waals surface area contributed by atoms with Gasteiger partial charge in [-0.05, 0) is 25.7 Å². The SMILES string of the molecule is COCCOCCOC1CCC(NC2CC2)(C(N)=O)C1. The van der Waals surface area contributed by atoms with Gasteiger partial charge in [-0.15, -0.1) is 0 Å². The van der Waals surface area contributed by atoms with Gasteiger partial charge in [-0.3, -0.25) is 4.79 Å². The van der Waals surface area contributed by atoms with Crippen molar-refractivity contribution in [2.75, 3.05) is 33.5 Å². The molecule has 2 aliphatic carbocycles. The molecule has 2 atom stereocenters. The van der Waals surface area contributed by atoms with E-state index in [-0.39, 0.29) is 12.0 Å². The summed E-state index contributed by atoms with van der Waals surface area (Å²) < 4.78 is 16.0. The standard InChI is InChI=1S/C14H26N2O4/c1-18-6-7-19-8-9-20-12-4-5-14(10-12,13(15)17)16-11-2-3-11/h11-12,16H,2-10H2,1H3,(H2,15,17). The summed E-state index contributed by atoms with van der Waals surface area (Å²) in [6, 6.07) is 0.471. The van der Waals surface area contributed by atoms with E-state index in [9.17, 15) is 4.79 Å². The van der Waals surface area contributed by atoms with Crippen molar-refractivity contribution >= 4 is 5.91 Å². The molecule has 2 saturated carbocycles. The number of nitrogens with one attached hydrogen (secondary N) is 1. The van der Waals surface area contributed by atoms with Gasteiger partial charge in [-0.1, -0.05) is 0 Å². The lowest BCUT2D eigenvalue weighted by atomic mass is 9.96. The van der Waals surface area contributed by atoms with Gasteiger partial charge in [0.15, 0.2) is 0 Å². The smallest absolute Gasteiger partial charge is 0.237 e. The number of primary amides is 1. The number of amides is 1. The van der Waals surface area contributed by atoms with Crippen LogP contribution in [0.15, 0.2) is 0 Å². The van der Waals surface area contributed by atoms with E-state index in [0.717, 1.165) is 25.7 Å².